The number of fused-ring (bicyclic) bond motifs is 1. The molecular weight excluding hydrogens is 180 g/mol. The first-order chi connectivity index (χ1) is 6.72. The summed E-state index contributed by atoms with van der Waals surface area (Å²) in [6.45, 7) is 2.37. The molecule has 1 N–H and O–H groups in total. The van der Waals surface area contributed by atoms with Crippen LogP contribution in [-0.4, -0.2) is 17.5 Å². The number of hydrogen-bond acceptors (Lipinski definition) is 3. The molecule has 3 heteroatoms. The van der Waals surface area contributed by atoms with Gasteiger partial charge < -0.3 is 9.84 Å². The summed E-state index contributed by atoms with van der Waals surface area (Å²) >= 11 is 0. The molecule has 0 aromatic heterocycles. The van der Waals surface area contributed by atoms with Gasteiger partial charge in [0.25, 0.3) is 0 Å². The molecule has 0 aliphatic heterocycles. The molecule has 0 radical (unpaired) electrons. The van der Waals surface area contributed by atoms with Crippen molar-refractivity contribution >= 4 is 5.78 Å². The molecular formula is C11H12O3. The van der Waals surface area contributed by atoms with Crippen LogP contribution in [0.1, 0.15) is 29.3 Å². The summed E-state index contributed by atoms with van der Waals surface area (Å²) in [5.74, 6) is 0.639. The van der Waals surface area contributed by atoms with Crippen LogP contribution in [0.3, 0.4) is 0 Å². The highest BCUT2D eigenvalue weighted by Gasteiger charge is 2.21. The van der Waals surface area contributed by atoms with Gasteiger partial charge in [-0.15, -0.1) is 0 Å². The lowest BCUT2D eigenvalue weighted by Gasteiger charge is -2.07. The highest BCUT2D eigenvalue weighted by molar-refractivity contribution is 6.01. The van der Waals surface area contributed by atoms with Gasteiger partial charge in [0.15, 0.2) is 17.3 Å². The highest BCUT2D eigenvalue weighted by Crippen LogP contribution is 2.33. The molecule has 0 spiro atoms. The monoisotopic (exact) mass is 192 g/mol. The Kier molecular flexibility index (Phi) is 2.15. The van der Waals surface area contributed by atoms with Crippen molar-refractivity contribution in [3.05, 3.63) is 23.3 Å². The summed E-state index contributed by atoms with van der Waals surface area (Å²) in [7, 11) is 0. The third kappa shape index (κ3) is 1.35. The van der Waals surface area contributed by atoms with Gasteiger partial charge in [-0.2, -0.15) is 0 Å². The number of aromatic hydroxyl groups is 1. The lowest BCUT2D eigenvalue weighted by atomic mass is 10.1. The molecule has 0 fully saturated rings. The van der Waals surface area contributed by atoms with Crippen molar-refractivity contribution in [2.45, 2.75) is 19.8 Å². The molecule has 0 heterocycles. The van der Waals surface area contributed by atoms with Gasteiger partial charge in [-0.05, 0) is 31.0 Å². The van der Waals surface area contributed by atoms with E-state index < -0.39 is 0 Å². The van der Waals surface area contributed by atoms with Gasteiger partial charge in [0, 0.05) is 12.0 Å². The molecule has 1 aromatic rings. The Bertz CT molecular complexity index is 382. The number of ketones is 1. The first-order valence-electron chi connectivity index (χ1n) is 4.74. The van der Waals surface area contributed by atoms with E-state index in [1.54, 1.807) is 6.07 Å². The molecule has 2 rings (SSSR count). The molecule has 1 aromatic carbocycles. The predicted molar refractivity (Wildman–Crippen MR) is 51.9 cm³/mol. The minimum absolute atomic E-state index is 0.0563. The predicted octanol–water partition coefficient (Wildman–Crippen LogP) is 1.92. The third-order valence-corrected chi connectivity index (χ3v) is 2.41. The lowest BCUT2D eigenvalue weighted by molar-refractivity contribution is 0.0994. The molecule has 1 aliphatic rings. The Labute approximate surface area is 82.3 Å². The van der Waals surface area contributed by atoms with Crippen LogP contribution in [-0.2, 0) is 6.42 Å². The van der Waals surface area contributed by atoms with E-state index in [0.29, 0.717) is 24.3 Å². The zero-order valence-corrected chi connectivity index (χ0v) is 8.04. The summed E-state index contributed by atoms with van der Waals surface area (Å²) < 4.78 is 5.24. The zero-order chi connectivity index (χ0) is 10.1. The molecule has 14 heavy (non-hydrogen) atoms. The van der Waals surface area contributed by atoms with Crippen molar-refractivity contribution in [1.29, 1.82) is 0 Å². The zero-order valence-electron chi connectivity index (χ0n) is 8.04. The fraction of sp³-hybridized carbons (Fsp3) is 0.364. The van der Waals surface area contributed by atoms with E-state index in [1.165, 1.54) is 6.07 Å². The van der Waals surface area contributed by atoms with Gasteiger partial charge in [0.2, 0.25) is 0 Å². The van der Waals surface area contributed by atoms with Crippen molar-refractivity contribution in [2.75, 3.05) is 6.61 Å². The number of rotatable bonds is 2. The van der Waals surface area contributed by atoms with E-state index in [9.17, 15) is 9.90 Å². The van der Waals surface area contributed by atoms with Crippen LogP contribution in [0.25, 0.3) is 0 Å². The molecule has 0 saturated heterocycles. The van der Waals surface area contributed by atoms with E-state index in [4.69, 9.17) is 4.74 Å². The number of phenols is 1. The quantitative estimate of drug-likeness (QED) is 0.778. The number of benzene rings is 1. The summed E-state index contributed by atoms with van der Waals surface area (Å²) in [6, 6.07) is 3.27. The Morgan fingerprint density at radius 2 is 2.21 bits per heavy atom. The maximum absolute atomic E-state index is 11.3. The van der Waals surface area contributed by atoms with Gasteiger partial charge in [-0.1, -0.05) is 0 Å². The van der Waals surface area contributed by atoms with Gasteiger partial charge in [0.1, 0.15) is 0 Å². The minimum Gasteiger partial charge on any atom is -0.504 e. The van der Waals surface area contributed by atoms with Crippen LogP contribution in [0.15, 0.2) is 12.1 Å². The fourth-order valence-corrected chi connectivity index (χ4v) is 1.73. The van der Waals surface area contributed by atoms with Crippen LogP contribution in [0.5, 0.6) is 11.5 Å². The van der Waals surface area contributed by atoms with Crippen LogP contribution in [0, 0.1) is 0 Å². The maximum Gasteiger partial charge on any atom is 0.163 e. The normalized spacial score (nSPS) is 14.2. The molecule has 0 amide bonds. The second kappa shape index (κ2) is 3.33. The number of aryl methyl sites for hydroxylation is 1. The number of phenolic OH excluding ortho intramolecular Hbond substituents is 1. The van der Waals surface area contributed by atoms with E-state index >= 15 is 0 Å². The standard InChI is InChI=1S/C11H12O3/c1-2-14-11-5-7-3-4-9(12)8(7)6-10(11)13/h5-6,13H,2-4H2,1H3. The van der Waals surface area contributed by atoms with Crippen molar-refractivity contribution in [1.82, 2.24) is 0 Å². The summed E-state index contributed by atoms with van der Waals surface area (Å²) in [4.78, 5) is 11.3. The highest BCUT2D eigenvalue weighted by atomic mass is 16.5. The summed E-state index contributed by atoms with van der Waals surface area (Å²) in [5, 5.41) is 9.55. The van der Waals surface area contributed by atoms with E-state index in [2.05, 4.69) is 0 Å². The van der Waals surface area contributed by atoms with Crippen molar-refractivity contribution in [3.8, 4) is 11.5 Å². The maximum atomic E-state index is 11.3. The fourth-order valence-electron chi connectivity index (χ4n) is 1.73. The Morgan fingerprint density at radius 1 is 1.43 bits per heavy atom. The van der Waals surface area contributed by atoms with Gasteiger partial charge in [-0.3, -0.25) is 4.79 Å². The van der Waals surface area contributed by atoms with E-state index in [1.807, 2.05) is 6.92 Å². The van der Waals surface area contributed by atoms with Crippen molar-refractivity contribution in [3.63, 3.8) is 0 Å². The molecule has 0 saturated carbocycles. The van der Waals surface area contributed by atoms with Crippen molar-refractivity contribution < 1.29 is 14.6 Å². The summed E-state index contributed by atoms with van der Waals surface area (Å²) in [5.41, 5.74) is 1.63. The Hall–Kier alpha value is -1.51. The van der Waals surface area contributed by atoms with Crippen LogP contribution < -0.4 is 4.74 Å². The molecule has 1 aliphatic carbocycles. The van der Waals surface area contributed by atoms with Gasteiger partial charge >= 0.3 is 0 Å². The molecule has 74 valence electrons. The van der Waals surface area contributed by atoms with E-state index in [0.717, 1.165) is 12.0 Å². The van der Waals surface area contributed by atoms with Crippen LogP contribution in [0.4, 0.5) is 0 Å². The van der Waals surface area contributed by atoms with Gasteiger partial charge in [0.05, 0.1) is 6.61 Å². The number of Topliss-reactive ketones (excluding diaryl/α,β-unsaturated/α-hetero) is 1. The van der Waals surface area contributed by atoms with E-state index in [-0.39, 0.29) is 11.5 Å². The van der Waals surface area contributed by atoms with Gasteiger partial charge in [-0.25, -0.2) is 0 Å². The van der Waals surface area contributed by atoms with Crippen LogP contribution in [0.2, 0.25) is 0 Å². The Balaban J connectivity index is 2.44. The topological polar surface area (TPSA) is 46.5 Å². The molecule has 0 unspecified atom stereocenters. The second-order valence-corrected chi connectivity index (χ2v) is 3.33. The number of carbonyl (C=O) groups excluding carboxylic acids is 1. The molecule has 0 atom stereocenters. The third-order valence-electron chi connectivity index (χ3n) is 2.41. The number of ether oxygens (including phenoxy) is 1. The molecule has 3 nitrogen and oxygen atoms in total. The first kappa shape index (κ1) is 9.06. The Morgan fingerprint density at radius 3 is 2.93 bits per heavy atom. The average molecular weight is 192 g/mol. The number of hydrogen-bond donors (Lipinski definition) is 1. The SMILES string of the molecule is CCOc1cc2c(cc1O)C(=O)CC2. The smallest absolute Gasteiger partial charge is 0.163 e. The largest absolute Gasteiger partial charge is 0.504 e. The van der Waals surface area contributed by atoms with Crippen LogP contribution >= 0.6 is 0 Å². The number of carbonyl (C=O) groups is 1. The first-order valence-corrected chi connectivity index (χ1v) is 4.74. The average Bonchev–Trinajstić information content (AvgIpc) is 2.50. The minimum atomic E-state index is 0.0563. The van der Waals surface area contributed by atoms with Crippen molar-refractivity contribution in [2.24, 2.45) is 0 Å². The lowest BCUT2D eigenvalue weighted by Crippen LogP contribution is -1.95. The second-order valence-electron chi connectivity index (χ2n) is 3.33. The molecule has 0 bridgehead atoms. The summed E-state index contributed by atoms with van der Waals surface area (Å²) in [6.07, 6.45) is 1.30.